The first-order valence-corrected chi connectivity index (χ1v) is 6.51. The molecule has 0 atom stereocenters. The largest absolute Gasteiger partial charge is 0.398 e. The van der Waals surface area contributed by atoms with Crippen molar-refractivity contribution in [3.8, 4) is 0 Å². The third-order valence-electron chi connectivity index (χ3n) is 3.72. The van der Waals surface area contributed by atoms with E-state index in [1.165, 1.54) is 11.5 Å². The number of fused-ring (bicyclic) bond motifs is 3. The van der Waals surface area contributed by atoms with E-state index in [0.29, 0.717) is 11.3 Å². The second-order valence-electron chi connectivity index (χ2n) is 4.93. The van der Waals surface area contributed by atoms with Crippen molar-refractivity contribution < 1.29 is 4.79 Å². The Morgan fingerprint density at radius 1 is 1.10 bits per heavy atom. The maximum Gasteiger partial charge on any atom is 0.187 e. The van der Waals surface area contributed by atoms with Crippen LogP contribution < -0.4 is 5.73 Å². The summed E-state index contributed by atoms with van der Waals surface area (Å²) < 4.78 is 0. The number of anilines is 1. The molecule has 2 heteroatoms. The third kappa shape index (κ3) is 1.69. The summed E-state index contributed by atoms with van der Waals surface area (Å²) in [4.78, 5) is 12.0. The smallest absolute Gasteiger partial charge is 0.187 e. The number of hydrogen-bond donors (Lipinski definition) is 1. The van der Waals surface area contributed by atoms with Crippen LogP contribution in [0.3, 0.4) is 0 Å². The minimum absolute atomic E-state index is 0.130. The summed E-state index contributed by atoms with van der Waals surface area (Å²) in [6, 6.07) is 14.2. The lowest BCUT2D eigenvalue weighted by Gasteiger charge is -2.12. The van der Waals surface area contributed by atoms with Crippen molar-refractivity contribution in [2.45, 2.75) is 6.92 Å². The summed E-state index contributed by atoms with van der Waals surface area (Å²) in [5.41, 5.74) is 8.20. The van der Waals surface area contributed by atoms with Crippen LogP contribution >= 0.6 is 0 Å². The van der Waals surface area contributed by atoms with Gasteiger partial charge in [0, 0.05) is 10.9 Å². The van der Waals surface area contributed by atoms with Crippen LogP contribution in [-0.4, -0.2) is 5.78 Å². The van der Waals surface area contributed by atoms with Gasteiger partial charge in [0.15, 0.2) is 5.78 Å². The molecule has 0 fully saturated rings. The number of carbonyl (C=O) groups is 1. The normalized spacial score (nSPS) is 10.8. The highest BCUT2D eigenvalue weighted by Gasteiger charge is 2.14. The second kappa shape index (κ2) is 4.49. The molecule has 0 aliphatic rings. The van der Waals surface area contributed by atoms with Gasteiger partial charge in [-0.2, -0.15) is 0 Å². The summed E-state index contributed by atoms with van der Waals surface area (Å²) in [5, 5.41) is 4.32. The molecule has 0 aromatic heterocycles. The molecule has 0 amide bonds. The fourth-order valence-electron chi connectivity index (χ4n) is 2.75. The summed E-state index contributed by atoms with van der Waals surface area (Å²) in [6.45, 7) is 5.46. The number of nitrogen functional groups attached to an aromatic ring is 1. The van der Waals surface area contributed by atoms with Crippen molar-refractivity contribution in [1.82, 2.24) is 0 Å². The molecule has 0 bridgehead atoms. The minimum Gasteiger partial charge on any atom is -0.398 e. The fourth-order valence-corrected chi connectivity index (χ4v) is 2.75. The average molecular weight is 261 g/mol. The van der Waals surface area contributed by atoms with Crippen LogP contribution in [0.15, 0.2) is 55.1 Å². The van der Waals surface area contributed by atoms with E-state index in [1.807, 2.05) is 37.3 Å². The van der Waals surface area contributed by atoms with Crippen LogP contribution in [0, 0.1) is 6.92 Å². The zero-order valence-corrected chi connectivity index (χ0v) is 11.3. The molecule has 98 valence electrons. The van der Waals surface area contributed by atoms with Gasteiger partial charge >= 0.3 is 0 Å². The molecule has 20 heavy (non-hydrogen) atoms. The number of aryl methyl sites for hydroxylation is 1. The topological polar surface area (TPSA) is 43.1 Å². The second-order valence-corrected chi connectivity index (χ2v) is 4.93. The SMILES string of the molecule is C=CC(=O)c1c(C)cc2c(ccc3ccccc32)c1N. The van der Waals surface area contributed by atoms with E-state index in [9.17, 15) is 4.79 Å². The van der Waals surface area contributed by atoms with E-state index in [1.54, 1.807) is 0 Å². The van der Waals surface area contributed by atoms with E-state index in [4.69, 9.17) is 5.73 Å². The van der Waals surface area contributed by atoms with Crippen LogP contribution in [0.4, 0.5) is 5.69 Å². The molecule has 3 aromatic carbocycles. The van der Waals surface area contributed by atoms with Gasteiger partial charge in [-0.3, -0.25) is 4.79 Å². The Labute approximate surface area is 117 Å². The minimum atomic E-state index is -0.130. The maximum atomic E-state index is 12.0. The highest BCUT2D eigenvalue weighted by atomic mass is 16.1. The standard InChI is InChI=1S/C18H15NO/c1-3-16(20)17-11(2)10-15-13-7-5-4-6-12(13)8-9-14(15)18(17)19/h3-10H,1,19H2,2H3. The lowest BCUT2D eigenvalue weighted by atomic mass is 9.93. The van der Waals surface area contributed by atoms with E-state index in [-0.39, 0.29) is 5.78 Å². The number of nitrogens with two attached hydrogens (primary N) is 1. The molecular weight excluding hydrogens is 246 g/mol. The molecule has 3 aromatic rings. The van der Waals surface area contributed by atoms with Gasteiger partial charge in [0.25, 0.3) is 0 Å². The Kier molecular flexibility index (Phi) is 2.79. The predicted octanol–water partition coefficient (Wildman–Crippen LogP) is 4.25. The van der Waals surface area contributed by atoms with Crippen molar-refractivity contribution in [1.29, 1.82) is 0 Å². The molecule has 0 unspecified atom stereocenters. The van der Waals surface area contributed by atoms with Gasteiger partial charge in [0.2, 0.25) is 0 Å². The van der Waals surface area contributed by atoms with Gasteiger partial charge in [0.1, 0.15) is 0 Å². The molecule has 0 radical (unpaired) electrons. The van der Waals surface area contributed by atoms with Gasteiger partial charge in [-0.25, -0.2) is 0 Å². The summed E-state index contributed by atoms with van der Waals surface area (Å²) in [5.74, 6) is -0.130. The van der Waals surface area contributed by atoms with Crippen molar-refractivity contribution >= 4 is 33.0 Å². The lowest BCUT2D eigenvalue weighted by Crippen LogP contribution is -2.04. The molecule has 0 saturated heterocycles. The Morgan fingerprint density at radius 3 is 2.60 bits per heavy atom. The number of rotatable bonds is 2. The summed E-state index contributed by atoms with van der Waals surface area (Å²) in [7, 11) is 0. The Morgan fingerprint density at radius 2 is 1.85 bits per heavy atom. The average Bonchev–Trinajstić information content (AvgIpc) is 2.46. The van der Waals surface area contributed by atoms with Gasteiger partial charge in [-0.05, 0) is 40.8 Å². The number of hydrogen-bond acceptors (Lipinski definition) is 2. The third-order valence-corrected chi connectivity index (χ3v) is 3.72. The molecule has 3 rings (SSSR count). The highest BCUT2D eigenvalue weighted by Crippen LogP contribution is 2.33. The quantitative estimate of drug-likeness (QED) is 0.324. The Balaban J connectivity index is 2.49. The van der Waals surface area contributed by atoms with Crippen molar-refractivity contribution in [2.24, 2.45) is 0 Å². The highest BCUT2D eigenvalue weighted by molar-refractivity contribution is 6.18. The van der Waals surface area contributed by atoms with Gasteiger partial charge in [-0.15, -0.1) is 0 Å². The number of ketones is 1. The molecule has 2 nitrogen and oxygen atoms in total. The zero-order chi connectivity index (χ0) is 14.3. The first-order valence-electron chi connectivity index (χ1n) is 6.51. The van der Waals surface area contributed by atoms with E-state index in [2.05, 4.69) is 18.7 Å². The summed E-state index contributed by atoms with van der Waals surface area (Å²) in [6.07, 6.45) is 1.31. The number of carbonyl (C=O) groups excluding carboxylic acids is 1. The van der Waals surface area contributed by atoms with E-state index < -0.39 is 0 Å². The summed E-state index contributed by atoms with van der Waals surface area (Å²) >= 11 is 0. The molecule has 0 aliphatic heterocycles. The van der Waals surface area contributed by atoms with Crippen molar-refractivity contribution in [3.05, 3.63) is 66.2 Å². The van der Waals surface area contributed by atoms with Crippen molar-refractivity contribution in [3.63, 3.8) is 0 Å². The fraction of sp³-hybridized carbons (Fsp3) is 0.0556. The molecule has 0 heterocycles. The van der Waals surface area contributed by atoms with Crippen LogP contribution in [0.25, 0.3) is 21.5 Å². The maximum absolute atomic E-state index is 12.0. The first-order chi connectivity index (χ1) is 9.63. The zero-order valence-electron chi connectivity index (χ0n) is 11.3. The van der Waals surface area contributed by atoms with Gasteiger partial charge in [-0.1, -0.05) is 43.0 Å². The Bertz CT molecular complexity index is 862. The molecule has 0 spiro atoms. The number of allylic oxidation sites excluding steroid dienone is 1. The molecule has 0 aliphatic carbocycles. The molecular formula is C18H15NO. The first kappa shape index (κ1) is 12.4. The van der Waals surface area contributed by atoms with Gasteiger partial charge < -0.3 is 5.73 Å². The Hall–Kier alpha value is -2.61. The van der Waals surface area contributed by atoms with E-state index in [0.717, 1.165) is 21.7 Å². The molecule has 0 saturated carbocycles. The molecule has 2 N–H and O–H groups in total. The monoisotopic (exact) mass is 261 g/mol. The van der Waals surface area contributed by atoms with Crippen LogP contribution in [0.2, 0.25) is 0 Å². The van der Waals surface area contributed by atoms with Crippen LogP contribution in [0.5, 0.6) is 0 Å². The lowest BCUT2D eigenvalue weighted by molar-refractivity contribution is 0.104. The number of benzene rings is 3. The van der Waals surface area contributed by atoms with E-state index >= 15 is 0 Å². The van der Waals surface area contributed by atoms with Crippen LogP contribution in [-0.2, 0) is 0 Å². The van der Waals surface area contributed by atoms with Gasteiger partial charge in [0.05, 0.1) is 5.69 Å². The predicted molar refractivity (Wildman–Crippen MR) is 85.1 cm³/mol. The van der Waals surface area contributed by atoms with Crippen LogP contribution in [0.1, 0.15) is 15.9 Å². The van der Waals surface area contributed by atoms with Crippen molar-refractivity contribution in [2.75, 3.05) is 5.73 Å².